The SMILES string of the molecule is CCC(CCC(C)C(=O)Oc1ccc(N/N=C(/C(C)=O)C(=O)Nc2ccccc2)cc1)c1ccccc1. The van der Waals surface area contributed by atoms with Crippen LogP contribution in [0.5, 0.6) is 5.75 Å². The summed E-state index contributed by atoms with van der Waals surface area (Å²) in [5.41, 5.74) is 4.85. The Morgan fingerprint density at radius 1 is 0.838 bits per heavy atom. The summed E-state index contributed by atoms with van der Waals surface area (Å²) in [6, 6.07) is 25.8. The average molecular weight is 500 g/mol. The number of hydrogen-bond acceptors (Lipinski definition) is 6. The van der Waals surface area contributed by atoms with Crippen molar-refractivity contribution >= 4 is 34.7 Å². The smallest absolute Gasteiger partial charge is 0.314 e. The molecule has 0 aliphatic heterocycles. The molecule has 0 bridgehead atoms. The molecule has 0 saturated heterocycles. The van der Waals surface area contributed by atoms with E-state index >= 15 is 0 Å². The van der Waals surface area contributed by atoms with Crippen LogP contribution in [0.15, 0.2) is 90.0 Å². The van der Waals surface area contributed by atoms with Gasteiger partial charge in [0.2, 0.25) is 0 Å². The van der Waals surface area contributed by atoms with Gasteiger partial charge in [-0.15, -0.1) is 0 Å². The minimum absolute atomic E-state index is 0.235. The summed E-state index contributed by atoms with van der Waals surface area (Å²) in [6.45, 7) is 5.32. The molecule has 7 heteroatoms. The van der Waals surface area contributed by atoms with Crippen molar-refractivity contribution in [2.45, 2.75) is 46.0 Å². The summed E-state index contributed by atoms with van der Waals surface area (Å²) in [7, 11) is 0. The van der Waals surface area contributed by atoms with E-state index in [1.54, 1.807) is 48.5 Å². The molecular formula is C30H33N3O4. The third-order valence-corrected chi connectivity index (χ3v) is 6.06. The number of hydrogen-bond donors (Lipinski definition) is 2. The van der Waals surface area contributed by atoms with Gasteiger partial charge in [-0.3, -0.25) is 19.8 Å². The lowest BCUT2D eigenvalue weighted by atomic mass is 9.89. The van der Waals surface area contributed by atoms with Crippen molar-refractivity contribution in [3.8, 4) is 5.75 Å². The number of benzene rings is 3. The molecule has 0 aliphatic rings. The predicted molar refractivity (Wildman–Crippen MR) is 147 cm³/mol. The molecule has 37 heavy (non-hydrogen) atoms. The van der Waals surface area contributed by atoms with E-state index in [2.05, 4.69) is 34.9 Å². The number of Topliss-reactive ketones (excluding diaryl/α,β-unsaturated/α-hetero) is 1. The van der Waals surface area contributed by atoms with Crippen molar-refractivity contribution in [2.24, 2.45) is 11.0 Å². The Hall–Kier alpha value is -4.26. The monoisotopic (exact) mass is 499 g/mol. The van der Waals surface area contributed by atoms with Gasteiger partial charge in [0.05, 0.1) is 11.6 Å². The van der Waals surface area contributed by atoms with E-state index in [1.165, 1.54) is 12.5 Å². The van der Waals surface area contributed by atoms with Gasteiger partial charge >= 0.3 is 5.97 Å². The fourth-order valence-corrected chi connectivity index (χ4v) is 3.84. The second kappa shape index (κ2) is 13.7. The Morgan fingerprint density at radius 2 is 1.46 bits per heavy atom. The molecule has 3 aromatic carbocycles. The maximum atomic E-state index is 12.6. The molecule has 0 radical (unpaired) electrons. The lowest BCUT2D eigenvalue weighted by Gasteiger charge is -2.18. The molecule has 0 aromatic heterocycles. The fraction of sp³-hybridized carbons (Fsp3) is 0.267. The van der Waals surface area contributed by atoms with Crippen LogP contribution in [0.3, 0.4) is 0 Å². The van der Waals surface area contributed by atoms with Crippen LogP contribution in [0.1, 0.15) is 51.5 Å². The van der Waals surface area contributed by atoms with E-state index in [0.29, 0.717) is 23.0 Å². The number of ketones is 1. The van der Waals surface area contributed by atoms with E-state index in [1.807, 2.05) is 31.2 Å². The van der Waals surface area contributed by atoms with Crippen LogP contribution in [-0.2, 0) is 14.4 Å². The maximum absolute atomic E-state index is 12.6. The van der Waals surface area contributed by atoms with Crippen molar-refractivity contribution in [3.05, 3.63) is 90.5 Å². The van der Waals surface area contributed by atoms with Crippen LogP contribution in [0.2, 0.25) is 0 Å². The summed E-state index contributed by atoms with van der Waals surface area (Å²) < 4.78 is 5.55. The first kappa shape index (κ1) is 27.3. The number of esters is 1. The highest BCUT2D eigenvalue weighted by Gasteiger charge is 2.19. The highest BCUT2D eigenvalue weighted by molar-refractivity contribution is 6.67. The molecule has 2 atom stereocenters. The van der Waals surface area contributed by atoms with E-state index in [-0.39, 0.29) is 17.6 Å². The van der Waals surface area contributed by atoms with Crippen molar-refractivity contribution in [1.29, 1.82) is 0 Å². The Kier molecular flexibility index (Phi) is 10.1. The highest BCUT2D eigenvalue weighted by atomic mass is 16.5. The normalized spacial score (nSPS) is 12.8. The lowest BCUT2D eigenvalue weighted by Crippen LogP contribution is -2.29. The molecule has 0 heterocycles. The van der Waals surface area contributed by atoms with Gasteiger partial charge in [0.1, 0.15) is 5.75 Å². The molecule has 1 amide bonds. The summed E-state index contributed by atoms with van der Waals surface area (Å²) >= 11 is 0. The number of para-hydroxylation sites is 1. The van der Waals surface area contributed by atoms with Gasteiger partial charge in [0, 0.05) is 12.6 Å². The minimum Gasteiger partial charge on any atom is -0.426 e. The van der Waals surface area contributed by atoms with Gasteiger partial charge in [-0.25, -0.2) is 0 Å². The van der Waals surface area contributed by atoms with E-state index in [4.69, 9.17) is 4.74 Å². The van der Waals surface area contributed by atoms with Gasteiger partial charge in [0.25, 0.3) is 5.91 Å². The lowest BCUT2D eigenvalue weighted by molar-refractivity contribution is -0.138. The zero-order valence-corrected chi connectivity index (χ0v) is 21.4. The molecule has 7 nitrogen and oxygen atoms in total. The number of rotatable bonds is 12. The Bertz CT molecular complexity index is 1210. The number of hydrazone groups is 1. The molecule has 2 N–H and O–H groups in total. The molecule has 3 rings (SSSR count). The van der Waals surface area contributed by atoms with Crippen molar-refractivity contribution in [1.82, 2.24) is 0 Å². The number of nitrogens with zero attached hydrogens (tertiary/aromatic N) is 1. The van der Waals surface area contributed by atoms with Crippen LogP contribution in [0.4, 0.5) is 11.4 Å². The fourth-order valence-electron chi connectivity index (χ4n) is 3.84. The van der Waals surface area contributed by atoms with E-state index < -0.39 is 11.7 Å². The Morgan fingerprint density at radius 3 is 2.05 bits per heavy atom. The summed E-state index contributed by atoms with van der Waals surface area (Å²) in [5, 5.41) is 6.62. The molecule has 0 saturated carbocycles. The first-order valence-corrected chi connectivity index (χ1v) is 12.4. The average Bonchev–Trinajstić information content (AvgIpc) is 2.91. The van der Waals surface area contributed by atoms with Crippen LogP contribution >= 0.6 is 0 Å². The molecule has 0 spiro atoms. The van der Waals surface area contributed by atoms with Crippen LogP contribution in [0.25, 0.3) is 0 Å². The zero-order chi connectivity index (χ0) is 26.6. The van der Waals surface area contributed by atoms with Crippen LogP contribution in [-0.4, -0.2) is 23.4 Å². The van der Waals surface area contributed by atoms with Crippen molar-refractivity contribution < 1.29 is 19.1 Å². The van der Waals surface area contributed by atoms with Gasteiger partial charge in [-0.1, -0.05) is 62.4 Å². The number of carbonyl (C=O) groups is 3. The molecule has 3 aromatic rings. The largest absolute Gasteiger partial charge is 0.426 e. The molecule has 192 valence electrons. The van der Waals surface area contributed by atoms with Gasteiger partial charge < -0.3 is 10.1 Å². The maximum Gasteiger partial charge on any atom is 0.314 e. The van der Waals surface area contributed by atoms with Crippen LogP contribution in [0, 0.1) is 5.92 Å². The van der Waals surface area contributed by atoms with Crippen molar-refractivity contribution in [2.75, 3.05) is 10.7 Å². The third-order valence-electron chi connectivity index (χ3n) is 6.06. The second-order valence-electron chi connectivity index (χ2n) is 8.89. The second-order valence-corrected chi connectivity index (χ2v) is 8.89. The molecular weight excluding hydrogens is 466 g/mol. The quantitative estimate of drug-likeness (QED) is 0.102. The van der Waals surface area contributed by atoms with Crippen LogP contribution < -0.4 is 15.5 Å². The summed E-state index contributed by atoms with van der Waals surface area (Å²) in [6.07, 6.45) is 2.66. The van der Waals surface area contributed by atoms with E-state index in [9.17, 15) is 14.4 Å². The summed E-state index contributed by atoms with van der Waals surface area (Å²) in [4.78, 5) is 37.0. The standard InChI is InChI=1S/C30H33N3O4/c1-4-23(24-11-7-5-8-12-24)16-15-21(2)30(36)37-27-19-17-26(18-20-27)32-33-28(22(3)34)29(35)31-25-13-9-6-10-14-25/h5-14,17-21,23,32H,4,15-16H2,1-3H3,(H,31,35)/b33-28-. The number of carbonyl (C=O) groups excluding carboxylic acids is 3. The topological polar surface area (TPSA) is 96.9 Å². The first-order chi connectivity index (χ1) is 17.9. The highest BCUT2D eigenvalue weighted by Crippen LogP contribution is 2.27. The number of nitrogens with one attached hydrogen (secondary N) is 2. The molecule has 2 unspecified atom stereocenters. The Balaban J connectivity index is 1.53. The van der Waals surface area contributed by atoms with Crippen molar-refractivity contribution in [3.63, 3.8) is 0 Å². The van der Waals surface area contributed by atoms with Gasteiger partial charge in [0.15, 0.2) is 11.5 Å². The first-order valence-electron chi connectivity index (χ1n) is 12.4. The minimum atomic E-state index is -0.608. The molecule has 0 fully saturated rings. The number of ether oxygens (including phenoxy) is 1. The van der Waals surface area contributed by atoms with Gasteiger partial charge in [-0.2, -0.15) is 5.10 Å². The Labute approximate surface area is 217 Å². The van der Waals surface area contributed by atoms with E-state index in [0.717, 1.165) is 19.3 Å². The molecule has 0 aliphatic carbocycles. The summed E-state index contributed by atoms with van der Waals surface area (Å²) in [5.74, 6) is -0.770. The third kappa shape index (κ3) is 8.42. The number of amides is 1. The number of anilines is 2. The zero-order valence-electron chi connectivity index (χ0n) is 21.4. The van der Waals surface area contributed by atoms with Gasteiger partial charge in [-0.05, 0) is 67.1 Å². The predicted octanol–water partition coefficient (Wildman–Crippen LogP) is 6.20.